The predicted octanol–water partition coefficient (Wildman–Crippen LogP) is 6.17. The van der Waals surface area contributed by atoms with E-state index in [1.807, 2.05) is 0 Å². The van der Waals surface area contributed by atoms with Crippen LogP contribution in [0.2, 0.25) is 0 Å². The average molecular weight is 384 g/mol. The molecule has 0 aliphatic carbocycles. The Hall–Kier alpha value is -1.81. The molecule has 0 N–H and O–H groups in total. The van der Waals surface area contributed by atoms with Gasteiger partial charge in [-0.2, -0.15) is 0 Å². The minimum atomic E-state index is 0.929. The van der Waals surface area contributed by atoms with Gasteiger partial charge in [0, 0.05) is 14.5 Å². The molecule has 0 saturated carbocycles. The Labute approximate surface area is 136 Å². The molecule has 0 atom stereocenters. The molecule has 0 fully saturated rings. The van der Waals surface area contributed by atoms with Gasteiger partial charge in [-0.25, -0.2) is 0 Å². The largest absolute Gasteiger partial charge is 0.456 e. The van der Waals surface area contributed by atoms with Crippen molar-refractivity contribution in [1.29, 1.82) is 0 Å². The number of hydrogen-bond donors (Lipinski definition) is 0. The molecule has 1 heterocycles. The van der Waals surface area contributed by atoms with Gasteiger partial charge in [0.05, 0.1) is 0 Å². The van der Waals surface area contributed by atoms with Gasteiger partial charge in [-0.3, -0.25) is 0 Å². The summed E-state index contributed by atoms with van der Waals surface area (Å²) in [4.78, 5) is 0. The van der Waals surface area contributed by atoms with E-state index in [-0.39, 0.29) is 0 Å². The van der Waals surface area contributed by atoms with Crippen molar-refractivity contribution >= 4 is 44.3 Å². The fraction of sp³-hybridized carbons (Fsp3) is 0.0526. The van der Waals surface area contributed by atoms with Crippen molar-refractivity contribution < 1.29 is 4.42 Å². The first kappa shape index (κ1) is 12.9. The second-order valence-electron chi connectivity index (χ2n) is 5.31. The van der Waals surface area contributed by atoms with E-state index >= 15 is 0 Å². The summed E-state index contributed by atoms with van der Waals surface area (Å²) in [6, 6.07) is 21.2. The zero-order valence-electron chi connectivity index (χ0n) is 11.6. The lowest BCUT2D eigenvalue weighted by molar-refractivity contribution is 0.632. The van der Waals surface area contributed by atoms with Crippen LogP contribution in [0.3, 0.4) is 0 Å². The highest BCUT2D eigenvalue weighted by Crippen LogP contribution is 2.31. The maximum atomic E-state index is 6.05. The summed E-state index contributed by atoms with van der Waals surface area (Å²) in [6.45, 7) is 2.12. The number of benzene rings is 3. The number of hydrogen-bond acceptors (Lipinski definition) is 1. The van der Waals surface area contributed by atoms with Crippen molar-refractivity contribution in [2.45, 2.75) is 6.92 Å². The Morgan fingerprint density at radius 3 is 2.33 bits per heavy atom. The fourth-order valence-electron chi connectivity index (χ4n) is 2.62. The molecule has 0 saturated heterocycles. The molecular formula is C19H13IO. The minimum Gasteiger partial charge on any atom is -0.456 e. The lowest BCUT2D eigenvalue weighted by atomic mass is 10.1. The SMILES string of the molecule is Cc1ccc(-c2cc3cc4ccccc4cc3o2)cc1I. The van der Waals surface area contributed by atoms with E-state index in [0.717, 1.165) is 22.3 Å². The normalized spacial score (nSPS) is 11.3. The molecule has 21 heavy (non-hydrogen) atoms. The minimum absolute atomic E-state index is 0.929. The standard InChI is InChI=1S/C19H13IO/c1-12-6-7-15(9-17(12)20)18-11-16-8-13-4-2-3-5-14(13)10-19(16)21-18/h2-11H,1H3. The van der Waals surface area contributed by atoms with E-state index in [4.69, 9.17) is 4.42 Å². The molecule has 3 aromatic carbocycles. The van der Waals surface area contributed by atoms with Gasteiger partial charge in [0.2, 0.25) is 0 Å². The highest BCUT2D eigenvalue weighted by Gasteiger charge is 2.08. The second-order valence-corrected chi connectivity index (χ2v) is 6.47. The van der Waals surface area contributed by atoms with E-state index in [2.05, 4.69) is 90.2 Å². The molecule has 0 unspecified atom stereocenters. The first-order chi connectivity index (χ1) is 10.2. The predicted molar refractivity (Wildman–Crippen MR) is 96.6 cm³/mol. The zero-order valence-corrected chi connectivity index (χ0v) is 13.7. The number of furan rings is 1. The Morgan fingerprint density at radius 1 is 0.810 bits per heavy atom. The van der Waals surface area contributed by atoms with Crippen molar-refractivity contribution in [3.63, 3.8) is 0 Å². The van der Waals surface area contributed by atoms with Gasteiger partial charge in [0.15, 0.2) is 0 Å². The third-order valence-electron chi connectivity index (χ3n) is 3.84. The molecule has 102 valence electrons. The Bertz CT molecular complexity index is 913. The summed E-state index contributed by atoms with van der Waals surface area (Å²) in [5.41, 5.74) is 3.37. The van der Waals surface area contributed by atoms with Crippen LogP contribution in [0.5, 0.6) is 0 Å². The Kier molecular flexibility index (Phi) is 3.00. The molecule has 4 aromatic rings. The molecule has 0 bridgehead atoms. The molecule has 0 aliphatic heterocycles. The quantitative estimate of drug-likeness (QED) is 0.358. The van der Waals surface area contributed by atoms with Crippen molar-refractivity contribution in [2.24, 2.45) is 0 Å². The highest BCUT2D eigenvalue weighted by molar-refractivity contribution is 14.1. The lowest BCUT2D eigenvalue weighted by Gasteiger charge is -2.00. The van der Waals surface area contributed by atoms with Crippen LogP contribution in [0.4, 0.5) is 0 Å². The molecule has 0 amide bonds. The zero-order chi connectivity index (χ0) is 14.4. The van der Waals surface area contributed by atoms with Crippen LogP contribution >= 0.6 is 22.6 Å². The fourth-order valence-corrected chi connectivity index (χ4v) is 3.13. The molecule has 0 aliphatic rings. The highest BCUT2D eigenvalue weighted by atomic mass is 127. The van der Waals surface area contributed by atoms with Gasteiger partial charge in [0.1, 0.15) is 11.3 Å². The number of rotatable bonds is 1. The third-order valence-corrected chi connectivity index (χ3v) is 5.00. The summed E-state index contributed by atoms with van der Waals surface area (Å²) in [7, 11) is 0. The summed E-state index contributed by atoms with van der Waals surface area (Å²) in [5.74, 6) is 0.929. The van der Waals surface area contributed by atoms with Crippen molar-refractivity contribution in [3.8, 4) is 11.3 Å². The second kappa shape index (κ2) is 4.88. The van der Waals surface area contributed by atoms with Gasteiger partial charge in [-0.15, -0.1) is 0 Å². The van der Waals surface area contributed by atoms with Crippen molar-refractivity contribution in [2.75, 3.05) is 0 Å². The summed E-state index contributed by atoms with van der Waals surface area (Å²) < 4.78 is 7.31. The van der Waals surface area contributed by atoms with Gasteiger partial charge < -0.3 is 4.42 Å². The van der Waals surface area contributed by atoms with E-state index in [9.17, 15) is 0 Å². The van der Waals surface area contributed by atoms with Crippen LogP contribution in [0.15, 0.2) is 65.1 Å². The van der Waals surface area contributed by atoms with Crippen LogP contribution in [0.1, 0.15) is 5.56 Å². The van der Waals surface area contributed by atoms with Crippen molar-refractivity contribution in [1.82, 2.24) is 0 Å². The maximum Gasteiger partial charge on any atom is 0.135 e. The Morgan fingerprint density at radius 2 is 1.57 bits per heavy atom. The molecule has 1 nitrogen and oxygen atoms in total. The summed E-state index contributed by atoms with van der Waals surface area (Å²) in [6.07, 6.45) is 0. The van der Waals surface area contributed by atoms with E-state index in [1.54, 1.807) is 0 Å². The monoisotopic (exact) mass is 384 g/mol. The van der Waals surface area contributed by atoms with E-state index in [0.29, 0.717) is 0 Å². The molecule has 2 heteroatoms. The molecule has 0 radical (unpaired) electrons. The van der Waals surface area contributed by atoms with Gasteiger partial charge >= 0.3 is 0 Å². The van der Waals surface area contributed by atoms with Crippen LogP contribution in [-0.2, 0) is 0 Å². The van der Waals surface area contributed by atoms with Gasteiger partial charge in [0.25, 0.3) is 0 Å². The smallest absolute Gasteiger partial charge is 0.135 e. The van der Waals surface area contributed by atoms with Crippen LogP contribution < -0.4 is 0 Å². The van der Waals surface area contributed by atoms with Crippen LogP contribution in [0.25, 0.3) is 33.1 Å². The lowest BCUT2D eigenvalue weighted by Crippen LogP contribution is -1.81. The van der Waals surface area contributed by atoms with E-state index in [1.165, 1.54) is 19.9 Å². The Balaban J connectivity index is 1.93. The van der Waals surface area contributed by atoms with E-state index < -0.39 is 0 Å². The molecule has 4 rings (SSSR count). The van der Waals surface area contributed by atoms with Crippen molar-refractivity contribution in [3.05, 3.63) is 69.8 Å². The van der Waals surface area contributed by atoms with Crippen LogP contribution in [-0.4, -0.2) is 0 Å². The van der Waals surface area contributed by atoms with Gasteiger partial charge in [-0.05, 0) is 70.1 Å². The summed E-state index contributed by atoms with van der Waals surface area (Å²) >= 11 is 2.37. The van der Waals surface area contributed by atoms with Crippen LogP contribution in [0, 0.1) is 10.5 Å². The number of fused-ring (bicyclic) bond motifs is 2. The third kappa shape index (κ3) is 2.23. The number of aryl methyl sites for hydroxylation is 1. The molecular weight excluding hydrogens is 371 g/mol. The topological polar surface area (TPSA) is 13.1 Å². The molecule has 1 aromatic heterocycles. The number of halogens is 1. The average Bonchev–Trinajstić information content (AvgIpc) is 2.90. The maximum absolute atomic E-state index is 6.05. The molecule has 0 spiro atoms. The summed E-state index contributed by atoms with van der Waals surface area (Å²) in [5, 5.41) is 3.61. The first-order valence-electron chi connectivity index (χ1n) is 6.89. The first-order valence-corrected chi connectivity index (χ1v) is 7.97. The van der Waals surface area contributed by atoms with Gasteiger partial charge in [-0.1, -0.05) is 36.4 Å².